The van der Waals surface area contributed by atoms with Crippen LogP contribution in [0.3, 0.4) is 0 Å². The van der Waals surface area contributed by atoms with Crippen molar-refractivity contribution < 1.29 is 9.59 Å². The molecule has 1 unspecified atom stereocenters. The fourth-order valence-corrected chi connectivity index (χ4v) is 2.95. The van der Waals surface area contributed by atoms with Crippen molar-refractivity contribution in [1.82, 2.24) is 15.1 Å². The Bertz CT molecular complexity index is 325. The number of carbonyl (C=O) groups is 2. The first-order valence-electron chi connectivity index (χ1n) is 7.52. The van der Waals surface area contributed by atoms with Crippen LogP contribution in [0.4, 0.5) is 0 Å². The molecule has 0 aromatic heterocycles. The molecule has 0 spiro atoms. The number of likely N-dealkylation sites (N-methyl/N-ethyl adjacent to an activating group) is 1. The van der Waals surface area contributed by atoms with Crippen molar-refractivity contribution in [2.24, 2.45) is 0 Å². The highest BCUT2D eigenvalue weighted by Crippen LogP contribution is 2.14. The lowest BCUT2D eigenvalue weighted by Gasteiger charge is -2.32. The average molecular weight is 267 g/mol. The van der Waals surface area contributed by atoms with E-state index in [9.17, 15) is 9.59 Å². The van der Waals surface area contributed by atoms with E-state index in [1.807, 2.05) is 16.7 Å². The molecule has 19 heavy (non-hydrogen) atoms. The van der Waals surface area contributed by atoms with Crippen LogP contribution >= 0.6 is 0 Å². The number of amides is 2. The van der Waals surface area contributed by atoms with Crippen LogP contribution in [0, 0.1) is 0 Å². The average Bonchev–Trinajstić information content (AvgIpc) is 2.94. The van der Waals surface area contributed by atoms with E-state index in [1.54, 1.807) is 0 Å². The van der Waals surface area contributed by atoms with Crippen molar-refractivity contribution in [1.29, 1.82) is 0 Å². The summed E-state index contributed by atoms with van der Waals surface area (Å²) in [7, 11) is 0. The SMILES string of the molecule is CCNC1CCCN(CCC(=O)N2CCCC2)C1=O. The normalized spacial score (nSPS) is 24.1. The summed E-state index contributed by atoms with van der Waals surface area (Å²) >= 11 is 0. The molecule has 0 saturated carbocycles. The van der Waals surface area contributed by atoms with E-state index in [0.29, 0.717) is 13.0 Å². The standard InChI is InChI=1S/C14H25N3O2/c1-2-15-12-6-5-10-17(14(12)19)11-7-13(18)16-8-3-4-9-16/h12,15H,2-11H2,1H3. The monoisotopic (exact) mass is 267 g/mol. The van der Waals surface area contributed by atoms with Gasteiger partial charge in [-0.1, -0.05) is 6.92 Å². The fourth-order valence-electron chi connectivity index (χ4n) is 2.95. The molecule has 108 valence electrons. The zero-order chi connectivity index (χ0) is 13.7. The van der Waals surface area contributed by atoms with Crippen LogP contribution in [-0.4, -0.2) is 60.4 Å². The summed E-state index contributed by atoms with van der Waals surface area (Å²) in [5, 5.41) is 3.22. The van der Waals surface area contributed by atoms with Gasteiger partial charge in [-0.3, -0.25) is 9.59 Å². The molecule has 0 aromatic carbocycles. The van der Waals surface area contributed by atoms with Crippen LogP contribution in [0.2, 0.25) is 0 Å². The van der Waals surface area contributed by atoms with Crippen molar-refractivity contribution in [3.63, 3.8) is 0 Å². The molecule has 2 saturated heterocycles. The molecule has 5 heteroatoms. The number of likely N-dealkylation sites (tertiary alicyclic amines) is 2. The van der Waals surface area contributed by atoms with Crippen LogP contribution in [-0.2, 0) is 9.59 Å². The number of piperidine rings is 1. The van der Waals surface area contributed by atoms with E-state index in [0.717, 1.165) is 51.9 Å². The number of hydrogen-bond donors (Lipinski definition) is 1. The molecule has 1 atom stereocenters. The van der Waals surface area contributed by atoms with Crippen LogP contribution in [0.5, 0.6) is 0 Å². The molecule has 2 fully saturated rings. The summed E-state index contributed by atoms with van der Waals surface area (Å²) in [4.78, 5) is 27.9. The Balaban J connectivity index is 1.78. The summed E-state index contributed by atoms with van der Waals surface area (Å²) in [5.41, 5.74) is 0. The second kappa shape index (κ2) is 6.89. The molecule has 2 aliphatic heterocycles. The molecule has 0 bridgehead atoms. The Morgan fingerprint density at radius 3 is 2.68 bits per heavy atom. The third kappa shape index (κ3) is 3.69. The first-order valence-corrected chi connectivity index (χ1v) is 7.52. The van der Waals surface area contributed by atoms with E-state index in [4.69, 9.17) is 0 Å². The number of rotatable bonds is 5. The van der Waals surface area contributed by atoms with E-state index in [2.05, 4.69) is 5.32 Å². The topological polar surface area (TPSA) is 52.7 Å². The smallest absolute Gasteiger partial charge is 0.239 e. The van der Waals surface area contributed by atoms with E-state index in [-0.39, 0.29) is 17.9 Å². The Morgan fingerprint density at radius 1 is 1.26 bits per heavy atom. The van der Waals surface area contributed by atoms with Crippen LogP contribution in [0.15, 0.2) is 0 Å². The van der Waals surface area contributed by atoms with Gasteiger partial charge in [-0.25, -0.2) is 0 Å². The zero-order valence-corrected chi connectivity index (χ0v) is 11.9. The Hall–Kier alpha value is -1.10. The van der Waals surface area contributed by atoms with Crippen LogP contribution in [0.25, 0.3) is 0 Å². The molecular weight excluding hydrogens is 242 g/mol. The van der Waals surface area contributed by atoms with Crippen molar-refractivity contribution in [2.75, 3.05) is 32.7 Å². The van der Waals surface area contributed by atoms with Gasteiger partial charge >= 0.3 is 0 Å². The zero-order valence-electron chi connectivity index (χ0n) is 11.9. The maximum Gasteiger partial charge on any atom is 0.239 e. The number of carbonyl (C=O) groups excluding carboxylic acids is 2. The Labute approximate surface area is 115 Å². The summed E-state index contributed by atoms with van der Waals surface area (Å²) in [6.07, 6.45) is 4.67. The van der Waals surface area contributed by atoms with Crippen LogP contribution in [0.1, 0.15) is 39.0 Å². The second-order valence-corrected chi connectivity index (χ2v) is 5.42. The minimum absolute atomic E-state index is 0.0411. The molecule has 2 heterocycles. The molecule has 0 aromatic rings. The van der Waals surface area contributed by atoms with Gasteiger partial charge in [0.25, 0.3) is 0 Å². The van der Waals surface area contributed by atoms with Gasteiger partial charge in [0, 0.05) is 32.6 Å². The Kier molecular flexibility index (Phi) is 5.19. The van der Waals surface area contributed by atoms with Gasteiger partial charge in [0.05, 0.1) is 6.04 Å². The molecule has 2 amide bonds. The molecule has 2 rings (SSSR count). The quantitative estimate of drug-likeness (QED) is 0.793. The minimum Gasteiger partial charge on any atom is -0.343 e. The van der Waals surface area contributed by atoms with E-state index < -0.39 is 0 Å². The third-order valence-corrected chi connectivity index (χ3v) is 4.04. The van der Waals surface area contributed by atoms with Crippen molar-refractivity contribution in [3.8, 4) is 0 Å². The summed E-state index contributed by atoms with van der Waals surface area (Å²) in [6.45, 7) is 6.00. The highest BCUT2D eigenvalue weighted by molar-refractivity contribution is 5.83. The lowest BCUT2D eigenvalue weighted by atomic mass is 10.0. The second-order valence-electron chi connectivity index (χ2n) is 5.42. The van der Waals surface area contributed by atoms with Gasteiger partial charge in [0.2, 0.25) is 11.8 Å². The van der Waals surface area contributed by atoms with Gasteiger partial charge in [-0.05, 0) is 32.2 Å². The third-order valence-electron chi connectivity index (χ3n) is 4.04. The van der Waals surface area contributed by atoms with Crippen LogP contribution < -0.4 is 5.32 Å². The lowest BCUT2D eigenvalue weighted by Crippen LogP contribution is -2.51. The highest BCUT2D eigenvalue weighted by atomic mass is 16.2. The number of nitrogens with zero attached hydrogens (tertiary/aromatic N) is 2. The molecule has 2 aliphatic rings. The molecule has 5 nitrogen and oxygen atoms in total. The van der Waals surface area contributed by atoms with Gasteiger partial charge in [-0.15, -0.1) is 0 Å². The predicted molar refractivity (Wildman–Crippen MR) is 73.7 cm³/mol. The summed E-state index contributed by atoms with van der Waals surface area (Å²) in [6, 6.07) is -0.0411. The van der Waals surface area contributed by atoms with Crippen molar-refractivity contribution >= 4 is 11.8 Å². The van der Waals surface area contributed by atoms with E-state index >= 15 is 0 Å². The number of nitrogens with one attached hydrogen (secondary N) is 1. The van der Waals surface area contributed by atoms with Crippen molar-refractivity contribution in [3.05, 3.63) is 0 Å². The van der Waals surface area contributed by atoms with Gasteiger partial charge in [-0.2, -0.15) is 0 Å². The molecule has 0 radical (unpaired) electrons. The van der Waals surface area contributed by atoms with Gasteiger partial charge in [0.15, 0.2) is 0 Å². The first kappa shape index (κ1) is 14.3. The predicted octanol–water partition coefficient (Wildman–Crippen LogP) is 0.599. The highest BCUT2D eigenvalue weighted by Gasteiger charge is 2.28. The van der Waals surface area contributed by atoms with Gasteiger partial charge < -0.3 is 15.1 Å². The largest absolute Gasteiger partial charge is 0.343 e. The molecular formula is C14H25N3O2. The summed E-state index contributed by atoms with van der Waals surface area (Å²) < 4.78 is 0. The molecule has 1 N–H and O–H groups in total. The van der Waals surface area contributed by atoms with E-state index in [1.165, 1.54) is 0 Å². The van der Waals surface area contributed by atoms with Crippen molar-refractivity contribution in [2.45, 2.75) is 45.1 Å². The lowest BCUT2D eigenvalue weighted by molar-refractivity contribution is -0.137. The first-order chi connectivity index (χ1) is 9.22. The maximum absolute atomic E-state index is 12.2. The minimum atomic E-state index is -0.0411. The maximum atomic E-state index is 12.2. The molecule has 0 aliphatic carbocycles. The summed E-state index contributed by atoms with van der Waals surface area (Å²) in [5.74, 6) is 0.373. The Morgan fingerprint density at radius 2 is 2.00 bits per heavy atom. The number of hydrogen-bond acceptors (Lipinski definition) is 3. The fraction of sp³-hybridized carbons (Fsp3) is 0.857. The van der Waals surface area contributed by atoms with Gasteiger partial charge in [0.1, 0.15) is 0 Å².